The number of oxime groups is 1. The van der Waals surface area contributed by atoms with Crippen molar-refractivity contribution in [1.29, 1.82) is 0 Å². The van der Waals surface area contributed by atoms with Crippen molar-refractivity contribution in [2.24, 2.45) is 5.16 Å². The molecule has 0 amide bonds. The first kappa shape index (κ1) is 9.25. The molecule has 1 aliphatic carbocycles. The molecular weight excluding hydrogens is 174 g/mol. The van der Waals surface area contributed by atoms with Gasteiger partial charge in [-0.05, 0) is 44.2 Å². The van der Waals surface area contributed by atoms with Gasteiger partial charge in [-0.25, -0.2) is 0 Å². The van der Waals surface area contributed by atoms with Crippen molar-refractivity contribution in [2.75, 3.05) is 0 Å². The van der Waals surface area contributed by atoms with Crippen molar-refractivity contribution in [3.63, 3.8) is 0 Å². The molecule has 0 saturated heterocycles. The minimum Gasteiger partial charge on any atom is -0.411 e. The largest absolute Gasteiger partial charge is 0.411 e. The first-order valence-corrected chi connectivity index (χ1v) is 5.12. The van der Waals surface area contributed by atoms with Crippen molar-refractivity contribution in [3.8, 4) is 0 Å². The molecule has 0 fully saturated rings. The van der Waals surface area contributed by atoms with Crippen LogP contribution < -0.4 is 0 Å². The maximum atomic E-state index is 8.94. The molecule has 2 heteroatoms. The number of hydrogen-bond donors (Lipinski definition) is 1. The van der Waals surface area contributed by atoms with E-state index in [1.165, 1.54) is 17.5 Å². The van der Waals surface area contributed by atoms with E-state index in [4.69, 9.17) is 5.21 Å². The lowest BCUT2D eigenvalue weighted by Crippen LogP contribution is -2.02. The van der Waals surface area contributed by atoms with Crippen molar-refractivity contribution in [2.45, 2.75) is 32.6 Å². The highest BCUT2D eigenvalue weighted by Gasteiger charge is 2.13. The summed E-state index contributed by atoms with van der Waals surface area (Å²) >= 11 is 0. The first-order valence-electron chi connectivity index (χ1n) is 5.12. The molecule has 1 aromatic carbocycles. The summed E-state index contributed by atoms with van der Waals surface area (Å²) in [5, 5.41) is 12.3. The van der Waals surface area contributed by atoms with Crippen LogP contribution in [0.4, 0.5) is 0 Å². The summed E-state index contributed by atoms with van der Waals surface area (Å²) in [4.78, 5) is 0. The van der Waals surface area contributed by atoms with Gasteiger partial charge in [0.2, 0.25) is 0 Å². The van der Waals surface area contributed by atoms with Crippen LogP contribution in [0.5, 0.6) is 0 Å². The Morgan fingerprint density at radius 2 is 2.00 bits per heavy atom. The Balaban J connectivity index is 2.51. The molecule has 0 aromatic heterocycles. The zero-order chi connectivity index (χ0) is 9.97. The van der Waals surface area contributed by atoms with Crippen molar-refractivity contribution in [1.82, 2.24) is 0 Å². The van der Waals surface area contributed by atoms with Crippen molar-refractivity contribution >= 4 is 5.71 Å². The maximum absolute atomic E-state index is 8.94. The Kier molecular flexibility index (Phi) is 2.53. The minimum atomic E-state index is 0.848. The van der Waals surface area contributed by atoms with E-state index in [2.05, 4.69) is 30.3 Å². The van der Waals surface area contributed by atoms with E-state index in [-0.39, 0.29) is 0 Å². The van der Waals surface area contributed by atoms with Crippen LogP contribution in [0.1, 0.15) is 36.0 Å². The molecule has 0 unspecified atom stereocenters. The average molecular weight is 189 g/mol. The summed E-state index contributed by atoms with van der Waals surface area (Å²) in [6.07, 6.45) is 4.31. The standard InChI is InChI=1S/C12H15NO/c1-9-6-7-10-4-2-3-5-12(13-14)11(10)8-9/h6-8,14H,2-5H2,1H3/b13-12+. The predicted octanol–water partition coefficient (Wildman–Crippen LogP) is 2.90. The van der Waals surface area contributed by atoms with Gasteiger partial charge in [0.05, 0.1) is 5.71 Å². The number of fused-ring (bicyclic) bond motifs is 1. The molecule has 2 rings (SSSR count). The third kappa shape index (κ3) is 1.65. The Morgan fingerprint density at radius 3 is 2.79 bits per heavy atom. The van der Waals surface area contributed by atoms with Gasteiger partial charge in [-0.1, -0.05) is 22.9 Å². The summed E-state index contributed by atoms with van der Waals surface area (Å²) < 4.78 is 0. The van der Waals surface area contributed by atoms with Crippen molar-refractivity contribution in [3.05, 3.63) is 34.9 Å². The van der Waals surface area contributed by atoms with Crippen LogP contribution in [0.15, 0.2) is 23.4 Å². The Hall–Kier alpha value is -1.31. The van der Waals surface area contributed by atoms with E-state index >= 15 is 0 Å². The summed E-state index contributed by atoms with van der Waals surface area (Å²) in [6, 6.07) is 6.40. The molecule has 0 heterocycles. The van der Waals surface area contributed by atoms with Crippen LogP contribution in [-0.4, -0.2) is 10.9 Å². The van der Waals surface area contributed by atoms with E-state index in [0.717, 1.165) is 30.5 Å². The highest BCUT2D eigenvalue weighted by molar-refractivity contribution is 6.01. The fourth-order valence-electron chi connectivity index (χ4n) is 2.02. The molecule has 0 bridgehead atoms. The predicted molar refractivity (Wildman–Crippen MR) is 57.1 cm³/mol. The Bertz CT molecular complexity index is 369. The monoisotopic (exact) mass is 189 g/mol. The molecule has 1 aromatic rings. The van der Waals surface area contributed by atoms with E-state index < -0.39 is 0 Å². The van der Waals surface area contributed by atoms with E-state index in [0.29, 0.717) is 0 Å². The molecule has 1 aliphatic rings. The van der Waals surface area contributed by atoms with Gasteiger partial charge >= 0.3 is 0 Å². The number of rotatable bonds is 0. The summed E-state index contributed by atoms with van der Waals surface area (Å²) in [6.45, 7) is 2.07. The van der Waals surface area contributed by atoms with Gasteiger partial charge in [-0.15, -0.1) is 0 Å². The molecule has 1 N–H and O–H groups in total. The highest BCUT2D eigenvalue weighted by Crippen LogP contribution is 2.22. The number of aryl methyl sites for hydroxylation is 2. The summed E-state index contributed by atoms with van der Waals surface area (Å²) in [5.74, 6) is 0. The zero-order valence-electron chi connectivity index (χ0n) is 8.45. The number of benzene rings is 1. The summed E-state index contributed by atoms with van der Waals surface area (Å²) in [5.41, 5.74) is 4.54. The van der Waals surface area contributed by atoms with E-state index in [9.17, 15) is 0 Å². The van der Waals surface area contributed by atoms with Crippen LogP contribution >= 0.6 is 0 Å². The summed E-state index contributed by atoms with van der Waals surface area (Å²) in [7, 11) is 0. The van der Waals surface area contributed by atoms with E-state index in [1.54, 1.807) is 0 Å². The van der Waals surface area contributed by atoms with Crippen LogP contribution in [0.25, 0.3) is 0 Å². The molecular formula is C12H15NO. The Morgan fingerprint density at radius 1 is 1.21 bits per heavy atom. The van der Waals surface area contributed by atoms with Crippen LogP contribution in [0.2, 0.25) is 0 Å². The molecule has 0 radical (unpaired) electrons. The van der Waals surface area contributed by atoms with Crippen LogP contribution in [-0.2, 0) is 6.42 Å². The number of nitrogens with zero attached hydrogens (tertiary/aromatic N) is 1. The van der Waals surface area contributed by atoms with Gasteiger partial charge in [0.1, 0.15) is 0 Å². The second kappa shape index (κ2) is 3.82. The van der Waals surface area contributed by atoms with Gasteiger partial charge in [0.15, 0.2) is 0 Å². The minimum absolute atomic E-state index is 0.848. The lowest BCUT2D eigenvalue weighted by atomic mass is 9.99. The fraction of sp³-hybridized carbons (Fsp3) is 0.417. The number of hydrogen-bond acceptors (Lipinski definition) is 2. The van der Waals surface area contributed by atoms with Crippen LogP contribution in [0.3, 0.4) is 0 Å². The van der Waals surface area contributed by atoms with Gasteiger partial charge in [0, 0.05) is 5.56 Å². The van der Waals surface area contributed by atoms with Crippen molar-refractivity contribution < 1.29 is 5.21 Å². The maximum Gasteiger partial charge on any atom is 0.0870 e. The second-order valence-electron chi connectivity index (χ2n) is 3.91. The smallest absolute Gasteiger partial charge is 0.0870 e. The molecule has 14 heavy (non-hydrogen) atoms. The lowest BCUT2D eigenvalue weighted by Gasteiger charge is -2.06. The lowest BCUT2D eigenvalue weighted by molar-refractivity contribution is 0.318. The molecule has 2 nitrogen and oxygen atoms in total. The first-order chi connectivity index (χ1) is 6.81. The SMILES string of the molecule is Cc1ccc2c(c1)/C(=N/O)CCCC2. The molecule has 0 saturated carbocycles. The highest BCUT2D eigenvalue weighted by atomic mass is 16.4. The molecule has 0 aliphatic heterocycles. The van der Waals surface area contributed by atoms with Gasteiger partial charge in [-0.2, -0.15) is 0 Å². The quantitative estimate of drug-likeness (QED) is 0.380. The van der Waals surface area contributed by atoms with E-state index in [1.807, 2.05) is 0 Å². The Labute approximate surface area is 84.3 Å². The van der Waals surface area contributed by atoms with Gasteiger partial charge in [0.25, 0.3) is 0 Å². The normalized spacial score (nSPS) is 19.1. The topological polar surface area (TPSA) is 32.6 Å². The van der Waals surface area contributed by atoms with Crippen LogP contribution in [0, 0.1) is 6.92 Å². The third-order valence-corrected chi connectivity index (χ3v) is 2.81. The zero-order valence-corrected chi connectivity index (χ0v) is 8.45. The average Bonchev–Trinajstić information content (AvgIpc) is 2.39. The fourth-order valence-corrected chi connectivity index (χ4v) is 2.02. The van der Waals surface area contributed by atoms with Gasteiger partial charge in [-0.3, -0.25) is 0 Å². The second-order valence-corrected chi connectivity index (χ2v) is 3.91. The molecule has 0 spiro atoms. The van der Waals surface area contributed by atoms with Gasteiger partial charge < -0.3 is 5.21 Å². The molecule has 74 valence electrons. The molecule has 0 atom stereocenters. The third-order valence-electron chi connectivity index (χ3n) is 2.81.